The van der Waals surface area contributed by atoms with Gasteiger partial charge in [0.15, 0.2) is 11.3 Å². The molecule has 0 aliphatic carbocycles. The molecule has 0 fully saturated rings. The zero-order valence-electron chi connectivity index (χ0n) is 10.5. The van der Waals surface area contributed by atoms with E-state index in [1.807, 2.05) is 18.2 Å². The Morgan fingerprint density at radius 2 is 2.00 bits per heavy atom. The number of rotatable bonds is 3. The van der Waals surface area contributed by atoms with Crippen LogP contribution in [0.15, 0.2) is 30.6 Å². The molecule has 0 radical (unpaired) electrons. The maximum Gasteiger partial charge on any atom is 0.166 e. The van der Waals surface area contributed by atoms with E-state index in [2.05, 4.69) is 28.8 Å². The lowest BCUT2D eigenvalue weighted by atomic mass is 10.3. The Labute approximate surface area is 105 Å². The van der Waals surface area contributed by atoms with E-state index in [1.165, 1.54) is 0 Å². The summed E-state index contributed by atoms with van der Waals surface area (Å²) >= 11 is 0. The Hall–Kier alpha value is -2.17. The monoisotopic (exact) mass is 241 g/mol. The van der Waals surface area contributed by atoms with Gasteiger partial charge in [-0.05, 0) is 26.0 Å². The second-order valence-corrected chi connectivity index (χ2v) is 4.08. The number of pyridine rings is 1. The van der Waals surface area contributed by atoms with Gasteiger partial charge >= 0.3 is 0 Å². The molecule has 0 atom stereocenters. The Morgan fingerprint density at radius 1 is 1.17 bits per heavy atom. The minimum atomic E-state index is 0.836. The molecule has 0 saturated carbocycles. The van der Waals surface area contributed by atoms with Gasteiger partial charge in [-0.25, -0.2) is 9.97 Å². The zero-order valence-corrected chi connectivity index (χ0v) is 10.5. The highest BCUT2D eigenvalue weighted by Crippen LogP contribution is 2.24. The lowest BCUT2D eigenvalue weighted by Crippen LogP contribution is -2.23. The molecule has 0 spiro atoms. The van der Waals surface area contributed by atoms with Crippen molar-refractivity contribution in [2.45, 2.75) is 13.8 Å². The molecule has 5 nitrogen and oxygen atoms in total. The van der Waals surface area contributed by atoms with Crippen molar-refractivity contribution in [2.24, 2.45) is 0 Å². The first-order valence-electron chi connectivity index (χ1n) is 6.18. The Morgan fingerprint density at radius 3 is 2.78 bits per heavy atom. The topological polar surface area (TPSA) is 46.3 Å². The number of anilines is 1. The second-order valence-electron chi connectivity index (χ2n) is 4.08. The molecule has 3 rings (SSSR count). The average Bonchev–Trinajstić information content (AvgIpc) is 2.88. The maximum atomic E-state index is 4.69. The summed E-state index contributed by atoms with van der Waals surface area (Å²) in [5.74, 6) is 0.983. The molecule has 0 amide bonds. The first-order chi connectivity index (χ1) is 8.85. The normalized spacial score (nSPS) is 11.2. The fourth-order valence-corrected chi connectivity index (χ4v) is 2.22. The molecule has 5 heteroatoms. The molecule has 3 heterocycles. The number of nitrogens with zero attached hydrogens (tertiary/aromatic N) is 5. The van der Waals surface area contributed by atoms with Gasteiger partial charge < -0.3 is 4.90 Å². The predicted octanol–water partition coefficient (Wildman–Crippen LogP) is 2.12. The lowest BCUT2D eigenvalue weighted by Gasteiger charge is -2.21. The van der Waals surface area contributed by atoms with E-state index in [4.69, 9.17) is 4.98 Å². The van der Waals surface area contributed by atoms with Crippen molar-refractivity contribution in [2.75, 3.05) is 18.0 Å². The Balaban J connectivity index is 2.40. The SMILES string of the molecule is CCN(CC)c1nc2ccnn2c2ncccc12. The van der Waals surface area contributed by atoms with Crippen LogP contribution in [0.3, 0.4) is 0 Å². The summed E-state index contributed by atoms with van der Waals surface area (Å²) in [7, 11) is 0. The lowest BCUT2D eigenvalue weighted by molar-refractivity contribution is 0.846. The van der Waals surface area contributed by atoms with E-state index in [1.54, 1.807) is 16.9 Å². The third-order valence-corrected chi connectivity index (χ3v) is 3.13. The van der Waals surface area contributed by atoms with E-state index in [-0.39, 0.29) is 0 Å². The third-order valence-electron chi connectivity index (χ3n) is 3.13. The molecule has 0 aromatic carbocycles. The minimum Gasteiger partial charge on any atom is -0.356 e. The highest BCUT2D eigenvalue weighted by Gasteiger charge is 2.13. The van der Waals surface area contributed by atoms with Crippen molar-refractivity contribution in [3.63, 3.8) is 0 Å². The number of hydrogen-bond donors (Lipinski definition) is 0. The minimum absolute atomic E-state index is 0.836. The van der Waals surface area contributed by atoms with Gasteiger partial charge in [-0.15, -0.1) is 0 Å². The highest BCUT2D eigenvalue weighted by molar-refractivity contribution is 5.89. The van der Waals surface area contributed by atoms with Crippen LogP contribution >= 0.6 is 0 Å². The molecule has 0 bridgehead atoms. The van der Waals surface area contributed by atoms with Gasteiger partial charge in [-0.1, -0.05) is 0 Å². The molecule has 0 aliphatic rings. The Bertz CT molecular complexity index is 684. The van der Waals surface area contributed by atoms with Crippen LogP contribution in [0.25, 0.3) is 16.7 Å². The van der Waals surface area contributed by atoms with Gasteiger partial charge in [0.25, 0.3) is 0 Å². The summed E-state index contributed by atoms with van der Waals surface area (Å²) in [5.41, 5.74) is 1.69. The standard InChI is InChI=1S/C13H15N5/c1-3-17(4-2)13-10-6-5-8-14-12(10)18-11(16-13)7-9-15-18/h5-9H,3-4H2,1-2H3. The van der Waals surface area contributed by atoms with E-state index < -0.39 is 0 Å². The summed E-state index contributed by atoms with van der Waals surface area (Å²) in [5, 5.41) is 5.31. The average molecular weight is 241 g/mol. The molecular weight excluding hydrogens is 226 g/mol. The molecule has 3 aromatic heterocycles. The van der Waals surface area contributed by atoms with Crippen LogP contribution in [0.4, 0.5) is 5.82 Å². The molecule has 0 unspecified atom stereocenters. The van der Waals surface area contributed by atoms with Gasteiger partial charge in [0, 0.05) is 25.4 Å². The molecule has 3 aromatic rings. The summed E-state index contributed by atoms with van der Waals surface area (Å²) in [6, 6.07) is 5.89. The fourth-order valence-electron chi connectivity index (χ4n) is 2.22. The quantitative estimate of drug-likeness (QED) is 0.704. The van der Waals surface area contributed by atoms with Crippen molar-refractivity contribution in [3.05, 3.63) is 30.6 Å². The zero-order chi connectivity index (χ0) is 12.5. The predicted molar refractivity (Wildman–Crippen MR) is 71.8 cm³/mol. The van der Waals surface area contributed by atoms with Crippen molar-refractivity contribution in [1.29, 1.82) is 0 Å². The number of fused-ring (bicyclic) bond motifs is 3. The smallest absolute Gasteiger partial charge is 0.166 e. The summed E-state index contributed by atoms with van der Waals surface area (Å²) in [4.78, 5) is 11.4. The van der Waals surface area contributed by atoms with Crippen molar-refractivity contribution < 1.29 is 0 Å². The van der Waals surface area contributed by atoms with Crippen molar-refractivity contribution in [1.82, 2.24) is 19.6 Å². The van der Waals surface area contributed by atoms with E-state index >= 15 is 0 Å². The molecular formula is C13H15N5. The maximum absolute atomic E-state index is 4.69. The van der Waals surface area contributed by atoms with Gasteiger partial charge in [-0.3, -0.25) is 0 Å². The third kappa shape index (κ3) is 1.51. The van der Waals surface area contributed by atoms with Crippen LogP contribution in [0.1, 0.15) is 13.8 Å². The largest absolute Gasteiger partial charge is 0.356 e. The first kappa shape index (κ1) is 11.0. The van der Waals surface area contributed by atoms with Gasteiger partial charge in [0.1, 0.15) is 5.82 Å². The van der Waals surface area contributed by atoms with Gasteiger partial charge in [-0.2, -0.15) is 9.61 Å². The van der Waals surface area contributed by atoms with Crippen LogP contribution in [-0.4, -0.2) is 32.7 Å². The molecule has 92 valence electrons. The Kier molecular flexibility index (Phi) is 2.59. The first-order valence-corrected chi connectivity index (χ1v) is 6.18. The molecule has 0 saturated heterocycles. The van der Waals surface area contributed by atoms with Crippen LogP contribution in [0.5, 0.6) is 0 Å². The van der Waals surface area contributed by atoms with E-state index in [0.717, 1.165) is 35.6 Å². The van der Waals surface area contributed by atoms with Crippen LogP contribution < -0.4 is 4.90 Å². The van der Waals surface area contributed by atoms with Gasteiger partial charge in [0.05, 0.1) is 11.6 Å². The van der Waals surface area contributed by atoms with Crippen LogP contribution in [-0.2, 0) is 0 Å². The van der Waals surface area contributed by atoms with Crippen LogP contribution in [0, 0.1) is 0 Å². The summed E-state index contributed by atoms with van der Waals surface area (Å²) in [6.07, 6.45) is 3.54. The number of hydrogen-bond acceptors (Lipinski definition) is 4. The van der Waals surface area contributed by atoms with Crippen molar-refractivity contribution >= 4 is 22.5 Å². The molecule has 0 N–H and O–H groups in total. The molecule has 18 heavy (non-hydrogen) atoms. The van der Waals surface area contributed by atoms with Crippen LogP contribution in [0.2, 0.25) is 0 Å². The second kappa shape index (κ2) is 4.25. The van der Waals surface area contributed by atoms with Crippen molar-refractivity contribution in [3.8, 4) is 0 Å². The van der Waals surface area contributed by atoms with Gasteiger partial charge in [0.2, 0.25) is 0 Å². The number of aromatic nitrogens is 4. The molecule has 0 aliphatic heterocycles. The fraction of sp³-hybridized carbons (Fsp3) is 0.308. The highest BCUT2D eigenvalue weighted by atomic mass is 15.3. The van der Waals surface area contributed by atoms with E-state index in [9.17, 15) is 0 Å². The summed E-state index contributed by atoms with van der Waals surface area (Å²) < 4.78 is 1.78. The summed E-state index contributed by atoms with van der Waals surface area (Å²) in [6.45, 7) is 6.12. The van der Waals surface area contributed by atoms with E-state index in [0.29, 0.717) is 0 Å².